The van der Waals surface area contributed by atoms with Crippen molar-refractivity contribution in [3.63, 3.8) is 0 Å². The zero-order valence-electron chi connectivity index (χ0n) is 14.3. The second-order valence-corrected chi connectivity index (χ2v) is 6.37. The second-order valence-electron chi connectivity index (χ2n) is 5.62. The Morgan fingerprint density at radius 2 is 2.04 bits per heavy atom. The van der Waals surface area contributed by atoms with Gasteiger partial charge < -0.3 is 19.9 Å². The molecule has 0 radical (unpaired) electrons. The van der Waals surface area contributed by atoms with Crippen molar-refractivity contribution < 1.29 is 23.8 Å². The SMILES string of the molecule is COC(=O)CNc1nc(F)c(Cl)c(Oc2ccc(O)c(C(C)C)c2)c1Cl. The maximum Gasteiger partial charge on any atom is 0.325 e. The first-order chi connectivity index (χ1) is 12.2. The van der Waals surface area contributed by atoms with Crippen molar-refractivity contribution in [2.24, 2.45) is 0 Å². The molecule has 2 aromatic rings. The van der Waals surface area contributed by atoms with Crippen LogP contribution in [0.1, 0.15) is 25.3 Å². The summed E-state index contributed by atoms with van der Waals surface area (Å²) in [4.78, 5) is 14.8. The molecule has 1 heterocycles. The lowest BCUT2D eigenvalue weighted by molar-refractivity contribution is -0.138. The summed E-state index contributed by atoms with van der Waals surface area (Å²) in [6.45, 7) is 3.54. The van der Waals surface area contributed by atoms with E-state index in [-0.39, 0.29) is 34.8 Å². The van der Waals surface area contributed by atoms with Crippen molar-refractivity contribution in [1.82, 2.24) is 4.98 Å². The van der Waals surface area contributed by atoms with Crippen molar-refractivity contribution >= 4 is 35.0 Å². The number of phenols is 1. The highest BCUT2D eigenvalue weighted by molar-refractivity contribution is 6.38. The smallest absolute Gasteiger partial charge is 0.325 e. The van der Waals surface area contributed by atoms with Crippen molar-refractivity contribution in [2.75, 3.05) is 19.0 Å². The maximum absolute atomic E-state index is 14.0. The largest absolute Gasteiger partial charge is 0.508 e. The van der Waals surface area contributed by atoms with Gasteiger partial charge in [0.25, 0.3) is 0 Å². The van der Waals surface area contributed by atoms with Crippen LogP contribution in [0.3, 0.4) is 0 Å². The first-order valence-electron chi connectivity index (χ1n) is 7.60. The average Bonchev–Trinajstić information content (AvgIpc) is 2.61. The zero-order chi connectivity index (χ0) is 19.4. The Morgan fingerprint density at radius 1 is 1.35 bits per heavy atom. The van der Waals surface area contributed by atoms with Gasteiger partial charge in [0.2, 0.25) is 5.95 Å². The fourth-order valence-corrected chi connectivity index (χ4v) is 2.57. The van der Waals surface area contributed by atoms with Gasteiger partial charge in [0.1, 0.15) is 28.1 Å². The number of aromatic hydroxyl groups is 1. The van der Waals surface area contributed by atoms with Gasteiger partial charge in [-0.2, -0.15) is 9.37 Å². The standard InChI is InChI=1S/C17H17Cl2FN2O4/c1-8(2)10-6-9(4-5-11(10)23)26-15-13(18)16(20)22-17(14(15)19)21-7-12(24)25-3/h4-6,8,23H,7H2,1-3H3,(H,21,22). The van der Waals surface area contributed by atoms with Gasteiger partial charge in [-0.1, -0.05) is 37.0 Å². The number of anilines is 1. The monoisotopic (exact) mass is 402 g/mol. The summed E-state index contributed by atoms with van der Waals surface area (Å²) in [5.41, 5.74) is 0.647. The lowest BCUT2D eigenvalue weighted by Gasteiger charge is -2.15. The van der Waals surface area contributed by atoms with E-state index in [1.807, 2.05) is 13.8 Å². The lowest BCUT2D eigenvalue weighted by atomic mass is 10.0. The highest BCUT2D eigenvalue weighted by Gasteiger charge is 2.21. The van der Waals surface area contributed by atoms with E-state index in [0.717, 1.165) is 0 Å². The Morgan fingerprint density at radius 3 is 2.65 bits per heavy atom. The Hall–Kier alpha value is -2.25. The normalized spacial score (nSPS) is 10.7. The second kappa shape index (κ2) is 8.42. The van der Waals surface area contributed by atoms with E-state index in [4.69, 9.17) is 27.9 Å². The van der Waals surface area contributed by atoms with Crippen LogP contribution in [0, 0.1) is 5.95 Å². The number of aromatic nitrogens is 1. The summed E-state index contributed by atoms with van der Waals surface area (Å²) in [6.07, 6.45) is 0. The molecular weight excluding hydrogens is 386 g/mol. The number of methoxy groups -OCH3 is 1. The fraction of sp³-hybridized carbons (Fsp3) is 0.294. The molecule has 0 bridgehead atoms. The Balaban J connectivity index is 2.38. The van der Waals surface area contributed by atoms with Crippen molar-refractivity contribution in [3.8, 4) is 17.2 Å². The molecule has 140 valence electrons. The third-order valence-electron chi connectivity index (χ3n) is 3.47. The van der Waals surface area contributed by atoms with E-state index in [2.05, 4.69) is 15.0 Å². The topological polar surface area (TPSA) is 80.7 Å². The molecule has 0 amide bonds. The number of pyridine rings is 1. The van der Waals surface area contributed by atoms with Gasteiger partial charge in [-0.3, -0.25) is 4.79 Å². The number of phenolic OH excluding ortho intramolecular Hbond substituents is 1. The van der Waals surface area contributed by atoms with Gasteiger partial charge >= 0.3 is 5.97 Å². The van der Waals surface area contributed by atoms with Gasteiger partial charge in [-0.25, -0.2) is 0 Å². The zero-order valence-corrected chi connectivity index (χ0v) is 15.8. The summed E-state index contributed by atoms with van der Waals surface area (Å²) in [7, 11) is 1.22. The van der Waals surface area contributed by atoms with Crippen molar-refractivity contribution in [1.29, 1.82) is 0 Å². The van der Waals surface area contributed by atoms with Gasteiger partial charge in [0, 0.05) is 5.56 Å². The first kappa shape index (κ1) is 20.1. The number of carbonyl (C=O) groups is 1. The van der Waals surface area contributed by atoms with E-state index in [9.17, 15) is 14.3 Å². The number of benzene rings is 1. The van der Waals surface area contributed by atoms with Gasteiger partial charge in [-0.15, -0.1) is 0 Å². The van der Waals surface area contributed by atoms with Crippen LogP contribution in [0.4, 0.5) is 10.2 Å². The number of ether oxygens (including phenoxy) is 2. The molecule has 0 atom stereocenters. The molecule has 0 aliphatic carbocycles. The molecule has 0 spiro atoms. The molecular formula is C17H17Cl2FN2O4. The first-order valence-corrected chi connectivity index (χ1v) is 8.36. The maximum atomic E-state index is 14.0. The molecule has 9 heteroatoms. The van der Waals surface area contributed by atoms with Crippen LogP contribution in [0.5, 0.6) is 17.2 Å². The number of esters is 1. The van der Waals surface area contributed by atoms with Crippen LogP contribution in [-0.4, -0.2) is 29.7 Å². The van der Waals surface area contributed by atoms with Crippen LogP contribution >= 0.6 is 23.2 Å². The predicted octanol–water partition coefficient (Wildman–Crippen LogP) is 4.73. The van der Waals surface area contributed by atoms with Crippen molar-refractivity contribution in [2.45, 2.75) is 19.8 Å². The number of nitrogens with zero attached hydrogens (tertiary/aromatic N) is 1. The number of hydrogen-bond acceptors (Lipinski definition) is 6. The quantitative estimate of drug-likeness (QED) is 0.536. The predicted molar refractivity (Wildman–Crippen MR) is 97.0 cm³/mol. The molecule has 1 aromatic heterocycles. The Kier molecular flexibility index (Phi) is 6.50. The molecule has 2 rings (SSSR count). The van der Waals surface area contributed by atoms with Gasteiger partial charge in [0.05, 0.1) is 7.11 Å². The van der Waals surface area contributed by atoms with E-state index in [0.29, 0.717) is 11.3 Å². The third-order valence-corrected chi connectivity index (χ3v) is 4.14. The molecule has 6 nitrogen and oxygen atoms in total. The van der Waals surface area contributed by atoms with Crippen LogP contribution in [0.25, 0.3) is 0 Å². The molecule has 0 saturated heterocycles. The van der Waals surface area contributed by atoms with Crippen LogP contribution in [0.15, 0.2) is 18.2 Å². The van der Waals surface area contributed by atoms with Crippen LogP contribution < -0.4 is 10.1 Å². The number of halogens is 3. The molecule has 0 saturated carbocycles. The Bertz CT molecular complexity index is 831. The van der Waals surface area contributed by atoms with E-state index < -0.39 is 16.9 Å². The molecule has 26 heavy (non-hydrogen) atoms. The highest BCUT2D eigenvalue weighted by atomic mass is 35.5. The Labute approximate surface area is 159 Å². The average molecular weight is 403 g/mol. The highest BCUT2D eigenvalue weighted by Crippen LogP contribution is 2.42. The summed E-state index contributed by atoms with van der Waals surface area (Å²) >= 11 is 12.1. The van der Waals surface area contributed by atoms with E-state index in [1.54, 1.807) is 6.07 Å². The van der Waals surface area contributed by atoms with Crippen LogP contribution in [-0.2, 0) is 9.53 Å². The number of hydrogen-bond donors (Lipinski definition) is 2. The van der Waals surface area contributed by atoms with E-state index in [1.165, 1.54) is 19.2 Å². The molecule has 0 fully saturated rings. The lowest BCUT2D eigenvalue weighted by Crippen LogP contribution is -2.16. The number of rotatable bonds is 6. The van der Waals surface area contributed by atoms with E-state index >= 15 is 0 Å². The van der Waals surface area contributed by atoms with Gasteiger partial charge in [-0.05, 0) is 24.1 Å². The minimum atomic E-state index is -1.01. The fourth-order valence-electron chi connectivity index (χ4n) is 2.11. The molecule has 0 aliphatic rings. The van der Waals surface area contributed by atoms with Crippen LogP contribution in [0.2, 0.25) is 10.0 Å². The summed E-state index contributed by atoms with van der Waals surface area (Å²) in [5, 5.41) is 11.9. The molecule has 0 aliphatic heterocycles. The minimum Gasteiger partial charge on any atom is -0.508 e. The molecule has 1 aromatic carbocycles. The summed E-state index contributed by atoms with van der Waals surface area (Å²) in [6, 6.07) is 4.56. The summed E-state index contributed by atoms with van der Waals surface area (Å²) < 4.78 is 24.1. The molecule has 2 N–H and O–H groups in total. The number of carbonyl (C=O) groups excluding carboxylic acids is 1. The summed E-state index contributed by atoms with van der Waals surface area (Å²) in [5.74, 6) is -1.41. The minimum absolute atomic E-state index is 0.0379. The third kappa shape index (κ3) is 4.47. The molecule has 0 unspecified atom stereocenters. The van der Waals surface area contributed by atoms with Crippen molar-refractivity contribution in [3.05, 3.63) is 39.8 Å². The van der Waals surface area contributed by atoms with Gasteiger partial charge in [0.15, 0.2) is 11.6 Å². The number of nitrogens with one attached hydrogen (secondary N) is 1.